The van der Waals surface area contributed by atoms with Crippen molar-refractivity contribution in [2.75, 3.05) is 0 Å². The highest BCUT2D eigenvalue weighted by Crippen LogP contribution is 2.48. The zero-order chi connectivity index (χ0) is 17.3. The van der Waals surface area contributed by atoms with Gasteiger partial charge in [-0.1, -0.05) is 64.9 Å². The van der Waals surface area contributed by atoms with Crippen LogP contribution in [-0.2, 0) is 9.59 Å². The Hall–Kier alpha value is -1.32. The molecule has 0 bridgehead atoms. The topological polar surface area (TPSA) is 74.6 Å². The van der Waals surface area contributed by atoms with E-state index in [0.29, 0.717) is 12.8 Å². The van der Waals surface area contributed by atoms with Crippen LogP contribution in [0.25, 0.3) is 0 Å². The van der Waals surface area contributed by atoms with Crippen molar-refractivity contribution in [3.63, 3.8) is 0 Å². The molecule has 1 unspecified atom stereocenters. The summed E-state index contributed by atoms with van der Waals surface area (Å²) < 4.78 is 0. The summed E-state index contributed by atoms with van der Waals surface area (Å²) in [7, 11) is 0. The smallest absolute Gasteiger partial charge is 0.332 e. The highest BCUT2D eigenvalue weighted by atomic mass is 16.4. The summed E-state index contributed by atoms with van der Waals surface area (Å²) in [5.41, 5.74) is -1.07. The maximum Gasteiger partial charge on any atom is 0.332 e. The van der Waals surface area contributed by atoms with Gasteiger partial charge in [-0.3, -0.25) is 4.79 Å². The molecule has 0 aromatic heterocycles. The lowest BCUT2D eigenvalue weighted by Crippen LogP contribution is -2.44. The molecular weight excluding hydrogens is 292 g/mol. The van der Waals surface area contributed by atoms with Crippen LogP contribution >= 0.6 is 0 Å². The Balaban J connectivity index is 3.27. The second-order valence-corrected chi connectivity index (χ2v) is 6.78. The molecule has 4 heteroatoms. The molecule has 0 spiro atoms. The Morgan fingerprint density at radius 2 is 1.65 bits per heavy atom. The Bertz CT molecular complexity index is 421. The van der Waals surface area contributed by atoms with Gasteiger partial charge in [-0.25, -0.2) is 4.79 Å². The molecule has 1 rings (SSSR count). The predicted octanol–water partition coefficient (Wildman–Crippen LogP) is 5.03. The van der Waals surface area contributed by atoms with E-state index in [-0.39, 0.29) is 11.5 Å². The van der Waals surface area contributed by atoms with Crippen LogP contribution in [-0.4, -0.2) is 22.2 Å². The first-order chi connectivity index (χ1) is 11.0. The second-order valence-electron chi connectivity index (χ2n) is 6.78. The summed E-state index contributed by atoms with van der Waals surface area (Å²) in [4.78, 5) is 24.2. The van der Waals surface area contributed by atoms with Crippen LogP contribution < -0.4 is 0 Å². The summed E-state index contributed by atoms with van der Waals surface area (Å²) in [5, 5.41) is 19.8. The zero-order valence-electron chi connectivity index (χ0n) is 14.6. The normalized spacial score (nSPS) is 19.3. The van der Waals surface area contributed by atoms with E-state index in [1.807, 2.05) is 6.92 Å². The van der Waals surface area contributed by atoms with Gasteiger partial charge in [0.2, 0.25) is 0 Å². The molecule has 0 aliphatic heterocycles. The molecule has 1 aliphatic rings. The fourth-order valence-corrected chi connectivity index (χ4v) is 3.92. The molecule has 0 saturated heterocycles. The van der Waals surface area contributed by atoms with Gasteiger partial charge in [-0.05, 0) is 31.6 Å². The van der Waals surface area contributed by atoms with Gasteiger partial charge in [-0.2, -0.15) is 0 Å². The van der Waals surface area contributed by atoms with Gasteiger partial charge in [0.15, 0.2) is 0 Å². The highest BCUT2D eigenvalue weighted by molar-refractivity contribution is 5.96. The molecule has 23 heavy (non-hydrogen) atoms. The van der Waals surface area contributed by atoms with Crippen LogP contribution in [0.2, 0.25) is 0 Å². The largest absolute Gasteiger partial charge is 0.481 e. The van der Waals surface area contributed by atoms with E-state index in [9.17, 15) is 19.8 Å². The van der Waals surface area contributed by atoms with Gasteiger partial charge in [0, 0.05) is 0 Å². The molecule has 1 atom stereocenters. The van der Waals surface area contributed by atoms with E-state index < -0.39 is 17.4 Å². The summed E-state index contributed by atoms with van der Waals surface area (Å²) in [5.74, 6) is -2.04. The molecular formula is C19H32O4. The molecule has 2 N–H and O–H groups in total. The van der Waals surface area contributed by atoms with E-state index in [2.05, 4.69) is 6.92 Å². The number of rotatable bonds is 10. The molecule has 1 aliphatic carbocycles. The first-order valence-electron chi connectivity index (χ1n) is 9.18. The molecule has 132 valence electrons. The van der Waals surface area contributed by atoms with Crippen LogP contribution in [0.5, 0.6) is 0 Å². The van der Waals surface area contributed by atoms with Gasteiger partial charge < -0.3 is 10.2 Å². The molecule has 0 radical (unpaired) electrons. The zero-order valence-corrected chi connectivity index (χ0v) is 14.6. The van der Waals surface area contributed by atoms with Crippen molar-refractivity contribution >= 4 is 11.9 Å². The SMILES string of the molecule is CCCCC=C(C(=O)O)C(CCCC)(C(=O)O)C1CCCCC1. The highest BCUT2D eigenvalue weighted by Gasteiger charge is 2.50. The summed E-state index contributed by atoms with van der Waals surface area (Å²) in [6.07, 6.45) is 11.1. The number of hydrogen-bond acceptors (Lipinski definition) is 2. The van der Waals surface area contributed by atoms with Crippen LogP contribution in [0.4, 0.5) is 0 Å². The standard InChI is InChI=1S/C19H32O4/c1-3-5-8-13-16(17(20)21)19(18(22)23,14-6-4-2)15-11-9-7-10-12-15/h13,15H,3-12,14H2,1-2H3,(H,20,21)(H,22,23). The van der Waals surface area contributed by atoms with Gasteiger partial charge in [0.1, 0.15) is 5.41 Å². The van der Waals surface area contributed by atoms with E-state index >= 15 is 0 Å². The number of allylic oxidation sites excluding steroid dienone is 1. The monoisotopic (exact) mass is 324 g/mol. The minimum absolute atomic E-state index is 0.0516. The molecule has 0 amide bonds. The Morgan fingerprint density at radius 1 is 1.04 bits per heavy atom. The predicted molar refractivity (Wildman–Crippen MR) is 91.4 cm³/mol. The first kappa shape index (κ1) is 19.7. The lowest BCUT2D eigenvalue weighted by atomic mass is 9.62. The van der Waals surface area contributed by atoms with E-state index in [1.54, 1.807) is 6.08 Å². The molecule has 0 aromatic carbocycles. The molecule has 0 heterocycles. The maximum absolute atomic E-state index is 12.3. The van der Waals surface area contributed by atoms with Gasteiger partial charge in [0.05, 0.1) is 5.57 Å². The molecule has 4 nitrogen and oxygen atoms in total. The van der Waals surface area contributed by atoms with Crippen LogP contribution in [0.1, 0.15) is 84.5 Å². The molecule has 0 aromatic rings. The number of hydrogen-bond donors (Lipinski definition) is 2. The van der Waals surface area contributed by atoms with Crippen LogP contribution in [0.3, 0.4) is 0 Å². The van der Waals surface area contributed by atoms with Crippen molar-refractivity contribution in [1.29, 1.82) is 0 Å². The number of unbranched alkanes of at least 4 members (excludes halogenated alkanes) is 3. The summed E-state index contributed by atoms with van der Waals surface area (Å²) >= 11 is 0. The first-order valence-corrected chi connectivity index (χ1v) is 9.18. The van der Waals surface area contributed by atoms with Crippen molar-refractivity contribution in [2.45, 2.75) is 84.5 Å². The van der Waals surface area contributed by atoms with Gasteiger partial charge >= 0.3 is 11.9 Å². The van der Waals surface area contributed by atoms with E-state index in [4.69, 9.17) is 0 Å². The third-order valence-electron chi connectivity index (χ3n) is 5.23. The summed E-state index contributed by atoms with van der Waals surface area (Å²) in [6.45, 7) is 4.08. The summed E-state index contributed by atoms with van der Waals surface area (Å²) in [6, 6.07) is 0. The number of carboxylic acid groups (broad SMARTS) is 2. The Morgan fingerprint density at radius 3 is 2.13 bits per heavy atom. The van der Waals surface area contributed by atoms with Crippen molar-refractivity contribution in [1.82, 2.24) is 0 Å². The van der Waals surface area contributed by atoms with Crippen LogP contribution in [0.15, 0.2) is 11.6 Å². The second kappa shape index (κ2) is 9.74. The maximum atomic E-state index is 12.3. The fraction of sp³-hybridized carbons (Fsp3) is 0.789. The van der Waals surface area contributed by atoms with Crippen molar-refractivity contribution in [3.8, 4) is 0 Å². The molecule has 1 fully saturated rings. The fourth-order valence-electron chi connectivity index (χ4n) is 3.92. The third-order valence-corrected chi connectivity index (χ3v) is 5.23. The van der Waals surface area contributed by atoms with E-state index in [0.717, 1.165) is 57.8 Å². The van der Waals surface area contributed by atoms with Crippen molar-refractivity contribution in [3.05, 3.63) is 11.6 Å². The minimum atomic E-state index is -1.21. The molecule has 1 saturated carbocycles. The average Bonchev–Trinajstić information content (AvgIpc) is 2.54. The third kappa shape index (κ3) is 4.82. The quantitative estimate of drug-likeness (QED) is 0.436. The van der Waals surface area contributed by atoms with Gasteiger partial charge in [0.25, 0.3) is 0 Å². The van der Waals surface area contributed by atoms with Gasteiger partial charge in [-0.15, -0.1) is 0 Å². The Labute approximate surface area is 140 Å². The lowest BCUT2D eigenvalue weighted by Gasteiger charge is -2.40. The van der Waals surface area contributed by atoms with Crippen LogP contribution in [0, 0.1) is 11.3 Å². The minimum Gasteiger partial charge on any atom is -0.481 e. The number of aliphatic carboxylic acids is 2. The van der Waals surface area contributed by atoms with Crippen molar-refractivity contribution < 1.29 is 19.8 Å². The average molecular weight is 324 g/mol. The number of carbonyl (C=O) groups is 2. The lowest BCUT2D eigenvalue weighted by molar-refractivity contribution is -0.154. The number of carboxylic acids is 2. The Kier molecular flexibility index (Phi) is 8.35. The van der Waals surface area contributed by atoms with Crippen molar-refractivity contribution in [2.24, 2.45) is 11.3 Å². The van der Waals surface area contributed by atoms with E-state index in [1.165, 1.54) is 0 Å².